The molecule has 1 aromatic heterocycles. The number of amides is 4. The first-order valence-electron chi connectivity index (χ1n) is 7.31. The molecule has 122 valence electrons. The predicted octanol–water partition coefficient (Wildman–Crippen LogP) is 1.02. The van der Waals surface area contributed by atoms with Gasteiger partial charge in [-0.1, -0.05) is 0 Å². The van der Waals surface area contributed by atoms with Crippen LogP contribution in [0, 0.1) is 4.77 Å². The number of imide groups is 2. The van der Waals surface area contributed by atoms with Gasteiger partial charge in [-0.25, -0.2) is 0 Å². The number of benzene rings is 1. The van der Waals surface area contributed by atoms with Gasteiger partial charge in [-0.05, 0) is 37.7 Å². The van der Waals surface area contributed by atoms with Gasteiger partial charge in [-0.15, -0.1) is 0 Å². The summed E-state index contributed by atoms with van der Waals surface area (Å²) in [5.74, 6) is -2.18. The summed E-state index contributed by atoms with van der Waals surface area (Å²) in [7, 11) is 0. The number of H-pyrrole nitrogens is 2. The zero-order valence-corrected chi connectivity index (χ0v) is 13.4. The van der Waals surface area contributed by atoms with E-state index >= 15 is 0 Å². The van der Waals surface area contributed by atoms with Crippen molar-refractivity contribution in [2.75, 3.05) is 0 Å². The zero-order chi connectivity index (χ0) is 17.2. The molecular weight excluding hydrogens is 332 g/mol. The number of fused-ring (bicyclic) bond motifs is 3. The van der Waals surface area contributed by atoms with E-state index < -0.39 is 29.2 Å². The largest absolute Gasteiger partial charge is 0.331 e. The fraction of sp³-hybridized carbons (Fsp3) is 0.267. The van der Waals surface area contributed by atoms with E-state index in [4.69, 9.17) is 12.2 Å². The van der Waals surface area contributed by atoms with Gasteiger partial charge in [0.1, 0.15) is 5.54 Å². The molecule has 0 radical (unpaired) electrons. The third kappa shape index (κ3) is 1.75. The maximum atomic E-state index is 12.9. The van der Waals surface area contributed by atoms with Crippen LogP contribution in [0.25, 0.3) is 11.0 Å². The summed E-state index contributed by atoms with van der Waals surface area (Å²) in [6.07, 6.45) is 0.160. The Hall–Kier alpha value is -2.81. The fourth-order valence-corrected chi connectivity index (χ4v) is 3.50. The molecule has 3 N–H and O–H groups in total. The number of aromatic amines is 2. The van der Waals surface area contributed by atoms with E-state index in [9.17, 15) is 19.2 Å². The molecule has 1 fully saturated rings. The van der Waals surface area contributed by atoms with Crippen molar-refractivity contribution in [1.82, 2.24) is 20.2 Å². The van der Waals surface area contributed by atoms with Gasteiger partial charge in [0.25, 0.3) is 17.7 Å². The van der Waals surface area contributed by atoms with Crippen LogP contribution in [0.5, 0.6) is 0 Å². The summed E-state index contributed by atoms with van der Waals surface area (Å²) in [6.45, 7) is 1.49. The maximum Gasteiger partial charge on any atom is 0.264 e. The number of nitrogens with one attached hydrogen (secondary N) is 3. The molecule has 3 heterocycles. The predicted molar refractivity (Wildman–Crippen MR) is 84.8 cm³/mol. The van der Waals surface area contributed by atoms with Crippen molar-refractivity contribution in [3.05, 3.63) is 28.0 Å². The molecule has 1 aromatic carbocycles. The number of carbonyl (C=O) groups is 4. The summed E-state index contributed by atoms with van der Waals surface area (Å²) in [5, 5.41) is 2.20. The van der Waals surface area contributed by atoms with Gasteiger partial charge in [0, 0.05) is 6.42 Å². The van der Waals surface area contributed by atoms with Crippen LogP contribution in [0.2, 0.25) is 0 Å². The molecular formula is C15H12N4O4S. The van der Waals surface area contributed by atoms with Crippen molar-refractivity contribution in [1.29, 1.82) is 0 Å². The Morgan fingerprint density at radius 3 is 2.58 bits per heavy atom. The van der Waals surface area contributed by atoms with E-state index in [1.165, 1.54) is 13.0 Å². The maximum absolute atomic E-state index is 12.9. The van der Waals surface area contributed by atoms with E-state index in [2.05, 4.69) is 15.3 Å². The minimum absolute atomic E-state index is 0.0671. The minimum atomic E-state index is -1.40. The van der Waals surface area contributed by atoms with Gasteiger partial charge in [0.05, 0.1) is 22.2 Å². The first-order chi connectivity index (χ1) is 11.3. The van der Waals surface area contributed by atoms with Gasteiger partial charge >= 0.3 is 0 Å². The summed E-state index contributed by atoms with van der Waals surface area (Å²) >= 11 is 5.04. The van der Waals surface area contributed by atoms with Gasteiger partial charge in [0.2, 0.25) is 5.91 Å². The van der Waals surface area contributed by atoms with Crippen LogP contribution in [0.3, 0.4) is 0 Å². The highest BCUT2D eigenvalue weighted by Crippen LogP contribution is 2.36. The summed E-state index contributed by atoms with van der Waals surface area (Å²) in [4.78, 5) is 56.1. The Morgan fingerprint density at radius 1 is 1.12 bits per heavy atom. The second kappa shape index (κ2) is 4.60. The van der Waals surface area contributed by atoms with Crippen LogP contribution in [0.4, 0.5) is 0 Å². The van der Waals surface area contributed by atoms with E-state index in [-0.39, 0.29) is 24.0 Å². The molecule has 1 unspecified atom stereocenters. The van der Waals surface area contributed by atoms with Crippen molar-refractivity contribution in [3.8, 4) is 0 Å². The lowest BCUT2D eigenvalue weighted by Gasteiger charge is -2.38. The van der Waals surface area contributed by atoms with Gasteiger partial charge in [0.15, 0.2) is 4.77 Å². The van der Waals surface area contributed by atoms with Crippen LogP contribution >= 0.6 is 12.2 Å². The topological polar surface area (TPSA) is 115 Å². The molecule has 2 aliphatic rings. The molecule has 0 saturated carbocycles. The lowest BCUT2D eigenvalue weighted by Crippen LogP contribution is -2.62. The lowest BCUT2D eigenvalue weighted by atomic mass is 9.89. The SMILES string of the molecule is CC1(N2C(=O)c3ccc4[nH]c(=S)[nH]c4c3C2=O)CCC(=O)NC1=O. The average Bonchev–Trinajstić information content (AvgIpc) is 3.01. The first-order valence-corrected chi connectivity index (χ1v) is 7.72. The molecule has 9 heteroatoms. The quantitative estimate of drug-likeness (QED) is 0.528. The van der Waals surface area contributed by atoms with E-state index in [1.54, 1.807) is 6.07 Å². The molecule has 1 saturated heterocycles. The lowest BCUT2D eigenvalue weighted by molar-refractivity contribution is -0.140. The van der Waals surface area contributed by atoms with E-state index in [0.29, 0.717) is 15.8 Å². The number of piperidine rings is 1. The van der Waals surface area contributed by atoms with Crippen LogP contribution in [0.1, 0.15) is 40.5 Å². The molecule has 2 aliphatic heterocycles. The average molecular weight is 344 g/mol. The highest BCUT2D eigenvalue weighted by Gasteiger charge is 2.53. The van der Waals surface area contributed by atoms with Crippen molar-refractivity contribution in [3.63, 3.8) is 0 Å². The molecule has 4 amide bonds. The molecule has 2 aromatic rings. The number of hydrogen-bond acceptors (Lipinski definition) is 5. The highest BCUT2D eigenvalue weighted by molar-refractivity contribution is 7.71. The second-order valence-corrected chi connectivity index (χ2v) is 6.49. The van der Waals surface area contributed by atoms with E-state index in [1.807, 2.05) is 0 Å². The normalized spacial score (nSPS) is 23.8. The number of aromatic nitrogens is 2. The van der Waals surface area contributed by atoms with Crippen molar-refractivity contribution in [2.45, 2.75) is 25.3 Å². The Labute approximate surface area is 140 Å². The number of hydrogen-bond donors (Lipinski definition) is 3. The van der Waals surface area contributed by atoms with Crippen LogP contribution in [0.15, 0.2) is 12.1 Å². The third-order valence-electron chi connectivity index (χ3n) is 4.62. The first kappa shape index (κ1) is 14.8. The summed E-state index contributed by atoms with van der Waals surface area (Å²) in [6, 6.07) is 3.19. The number of carbonyl (C=O) groups excluding carboxylic acids is 4. The Kier molecular flexibility index (Phi) is 2.83. The zero-order valence-electron chi connectivity index (χ0n) is 12.6. The summed E-state index contributed by atoms with van der Waals surface area (Å²) < 4.78 is 0.337. The van der Waals surface area contributed by atoms with Crippen LogP contribution < -0.4 is 5.32 Å². The molecule has 24 heavy (non-hydrogen) atoms. The highest BCUT2D eigenvalue weighted by atomic mass is 32.1. The Morgan fingerprint density at radius 2 is 1.88 bits per heavy atom. The summed E-state index contributed by atoms with van der Waals surface area (Å²) in [5.41, 5.74) is 0.0458. The van der Waals surface area contributed by atoms with Gasteiger partial charge in [-0.2, -0.15) is 0 Å². The molecule has 1 atom stereocenters. The second-order valence-electron chi connectivity index (χ2n) is 6.09. The standard InChI is InChI=1S/C15H12N4O4S/c1-15(5-4-8(20)17-13(15)23)19-11(21)6-2-3-7-10(9(6)12(19)22)18-14(24)16-7/h2-3H,4-5H2,1H3,(H2,16,18,24)(H,17,20,23). The van der Waals surface area contributed by atoms with Crippen LogP contribution in [-0.4, -0.2) is 44.0 Å². The molecule has 0 aliphatic carbocycles. The Balaban J connectivity index is 1.88. The molecule has 8 nitrogen and oxygen atoms in total. The van der Waals surface area contributed by atoms with Gasteiger partial charge in [-0.3, -0.25) is 29.4 Å². The molecule has 4 rings (SSSR count). The smallest absolute Gasteiger partial charge is 0.264 e. The number of imidazole rings is 1. The Bertz CT molecular complexity index is 1020. The minimum Gasteiger partial charge on any atom is -0.331 e. The van der Waals surface area contributed by atoms with Crippen molar-refractivity contribution < 1.29 is 19.2 Å². The number of rotatable bonds is 1. The van der Waals surface area contributed by atoms with Crippen molar-refractivity contribution >= 4 is 46.9 Å². The van der Waals surface area contributed by atoms with Crippen molar-refractivity contribution in [2.24, 2.45) is 0 Å². The van der Waals surface area contributed by atoms with Crippen LogP contribution in [-0.2, 0) is 9.59 Å². The van der Waals surface area contributed by atoms with Gasteiger partial charge < -0.3 is 9.97 Å². The molecule has 0 spiro atoms. The fourth-order valence-electron chi connectivity index (χ4n) is 3.28. The third-order valence-corrected chi connectivity index (χ3v) is 4.82. The number of nitrogens with zero attached hydrogens (tertiary/aromatic N) is 1. The van der Waals surface area contributed by atoms with E-state index in [0.717, 1.165) is 4.90 Å². The monoisotopic (exact) mass is 344 g/mol. The molecule has 0 bridgehead atoms.